The third-order valence-electron chi connectivity index (χ3n) is 4.70. The van der Waals surface area contributed by atoms with Crippen molar-refractivity contribution in [3.05, 3.63) is 71.4 Å². The quantitative estimate of drug-likeness (QED) is 0.754. The Hall–Kier alpha value is -2.57. The van der Waals surface area contributed by atoms with Gasteiger partial charge in [0.1, 0.15) is 0 Å². The summed E-state index contributed by atoms with van der Waals surface area (Å²) in [5, 5.41) is 13.9. The molecule has 0 spiro atoms. The Morgan fingerprint density at radius 2 is 2.04 bits per heavy atom. The molecule has 3 nitrogen and oxygen atoms in total. The third kappa shape index (κ3) is 2.86. The van der Waals surface area contributed by atoms with Crippen molar-refractivity contribution in [3.8, 4) is 6.07 Å². The van der Waals surface area contributed by atoms with E-state index in [1.807, 2.05) is 18.2 Å². The maximum absolute atomic E-state index is 9.08. The van der Waals surface area contributed by atoms with Gasteiger partial charge >= 0.3 is 0 Å². The smallest absolute Gasteiger partial charge is 0.0991 e. The zero-order valence-corrected chi connectivity index (χ0v) is 12.9. The fourth-order valence-corrected chi connectivity index (χ4v) is 3.33. The molecule has 4 rings (SSSR count). The van der Waals surface area contributed by atoms with Crippen LogP contribution in [0.3, 0.4) is 0 Å². The molecule has 1 saturated carbocycles. The summed E-state index contributed by atoms with van der Waals surface area (Å²) in [5.41, 5.74) is 4.57. The molecule has 2 unspecified atom stereocenters. The van der Waals surface area contributed by atoms with E-state index in [1.54, 1.807) is 0 Å². The van der Waals surface area contributed by atoms with Crippen LogP contribution in [0.25, 0.3) is 10.9 Å². The second kappa shape index (κ2) is 5.91. The van der Waals surface area contributed by atoms with Crippen LogP contribution in [0.5, 0.6) is 0 Å². The van der Waals surface area contributed by atoms with Gasteiger partial charge in [0.05, 0.1) is 11.6 Å². The Kier molecular flexibility index (Phi) is 3.61. The van der Waals surface area contributed by atoms with E-state index < -0.39 is 0 Å². The lowest BCUT2D eigenvalue weighted by Crippen LogP contribution is -2.20. The van der Waals surface area contributed by atoms with Gasteiger partial charge in [-0.2, -0.15) is 5.26 Å². The summed E-state index contributed by atoms with van der Waals surface area (Å²) in [6.45, 7) is 1.01. The van der Waals surface area contributed by atoms with Gasteiger partial charge in [-0.3, -0.25) is 0 Å². The van der Waals surface area contributed by atoms with Crippen molar-refractivity contribution < 1.29 is 0 Å². The molecule has 0 amide bonds. The molecular formula is C20H19N3. The molecule has 2 N–H and O–H groups in total. The molecule has 23 heavy (non-hydrogen) atoms. The van der Waals surface area contributed by atoms with Crippen LogP contribution >= 0.6 is 0 Å². The third-order valence-corrected chi connectivity index (χ3v) is 4.70. The van der Waals surface area contributed by atoms with Gasteiger partial charge in [0, 0.05) is 29.1 Å². The van der Waals surface area contributed by atoms with Gasteiger partial charge in [-0.1, -0.05) is 30.3 Å². The number of H-pyrrole nitrogens is 1. The van der Waals surface area contributed by atoms with Gasteiger partial charge in [0.25, 0.3) is 0 Å². The van der Waals surface area contributed by atoms with Crippen LogP contribution in [0.15, 0.2) is 54.7 Å². The highest BCUT2D eigenvalue weighted by molar-refractivity contribution is 5.85. The molecule has 1 fully saturated rings. The number of rotatable bonds is 5. The van der Waals surface area contributed by atoms with E-state index in [0.29, 0.717) is 12.0 Å². The molecule has 3 heteroatoms. The predicted octanol–water partition coefficient (Wildman–Crippen LogP) is 3.73. The van der Waals surface area contributed by atoms with Crippen molar-refractivity contribution in [1.82, 2.24) is 10.3 Å². The minimum atomic E-state index is 0.559. The van der Waals surface area contributed by atoms with E-state index in [2.05, 4.69) is 52.9 Å². The van der Waals surface area contributed by atoms with Gasteiger partial charge in [-0.25, -0.2) is 0 Å². The Morgan fingerprint density at radius 1 is 1.17 bits per heavy atom. The Morgan fingerprint density at radius 3 is 2.87 bits per heavy atom. The van der Waals surface area contributed by atoms with Gasteiger partial charge in [-0.05, 0) is 48.7 Å². The topological polar surface area (TPSA) is 51.6 Å². The van der Waals surface area contributed by atoms with E-state index >= 15 is 0 Å². The molecule has 1 aliphatic carbocycles. The van der Waals surface area contributed by atoms with E-state index in [0.717, 1.165) is 24.0 Å². The molecule has 1 aliphatic rings. The van der Waals surface area contributed by atoms with Crippen molar-refractivity contribution >= 4 is 10.9 Å². The highest BCUT2D eigenvalue weighted by Crippen LogP contribution is 2.43. The summed E-state index contributed by atoms with van der Waals surface area (Å²) < 4.78 is 0. The van der Waals surface area contributed by atoms with Crippen LogP contribution in [0.2, 0.25) is 0 Å². The lowest BCUT2D eigenvalue weighted by molar-refractivity contribution is 0.669. The first kappa shape index (κ1) is 14.0. The monoisotopic (exact) mass is 301 g/mol. The molecule has 1 heterocycles. The molecule has 1 aromatic heterocycles. The SMILES string of the molecule is N#Cc1ccc2[nH]cc(C3CC3NCCc3ccccc3)c2c1. The van der Waals surface area contributed by atoms with Crippen LogP contribution in [0, 0.1) is 11.3 Å². The summed E-state index contributed by atoms with van der Waals surface area (Å²) in [7, 11) is 0. The summed E-state index contributed by atoms with van der Waals surface area (Å²) in [6, 6.07) is 19.2. The van der Waals surface area contributed by atoms with Gasteiger partial charge in [0.15, 0.2) is 0 Å². The number of nitriles is 1. The lowest BCUT2D eigenvalue weighted by Gasteiger charge is -2.04. The number of nitrogens with one attached hydrogen (secondary N) is 2. The van der Waals surface area contributed by atoms with Crippen LogP contribution < -0.4 is 5.32 Å². The zero-order valence-electron chi connectivity index (χ0n) is 12.9. The fraction of sp³-hybridized carbons (Fsp3) is 0.250. The van der Waals surface area contributed by atoms with Gasteiger partial charge in [0.2, 0.25) is 0 Å². The second-order valence-electron chi connectivity index (χ2n) is 6.25. The van der Waals surface area contributed by atoms with Gasteiger partial charge in [-0.15, -0.1) is 0 Å². The fourth-order valence-electron chi connectivity index (χ4n) is 3.33. The number of aromatic nitrogens is 1. The van der Waals surface area contributed by atoms with Crippen molar-refractivity contribution in [2.24, 2.45) is 0 Å². The average Bonchev–Trinajstić information content (AvgIpc) is 3.24. The standard InChI is InChI=1S/C20H19N3/c21-12-15-6-7-19-16(10-15)18(13-23-19)17-11-20(17)22-9-8-14-4-2-1-3-5-14/h1-7,10,13,17,20,22-23H,8-9,11H2. The van der Waals surface area contributed by atoms with Crippen LogP contribution in [-0.2, 0) is 6.42 Å². The molecule has 0 saturated heterocycles. The number of hydrogen-bond donors (Lipinski definition) is 2. The normalized spacial score (nSPS) is 19.6. The number of benzene rings is 2. The maximum atomic E-state index is 9.08. The summed E-state index contributed by atoms with van der Waals surface area (Å²) in [5.74, 6) is 0.563. The minimum Gasteiger partial charge on any atom is -0.361 e. The Labute approximate surface area is 136 Å². The van der Waals surface area contributed by atoms with Crippen molar-refractivity contribution in [3.63, 3.8) is 0 Å². The number of nitrogens with zero attached hydrogens (tertiary/aromatic N) is 1. The van der Waals surface area contributed by atoms with E-state index in [-0.39, 0.29) is 0 Å². The first-order valence-electron chi connectivity index (χ1n) is 8.13. The molecule has 0 radical (unpaired) electrons. The van der Waals surface area contributed by atoms with Crippen molar-refractivity contribution in [2.45, 2.75) is 24.8 Å². The molecule has 0 aliphatic heterocycles. The summed E-state index contributed by atoms with van der Waals surface area (Å²) in [6.07, 6.45) is 4.35. The van der Waals surface area contributed by atoms with Crippen molar-refractivity contribution in [1.29, 1.82) is 5.26 Å². The first-order valence-corrected chi connectivity index (χ1v) is 8.13. The Bertz CT molecular complexity index is 857. The molecule has 0 bridgehead atoms. The van der Waals surface area contributed by atoms with Gasteiger partial charge < -0.3 is 10.3 Å². The first-order chi connectivity index (χ1) is 11.3. The molecular weight excluding hydrogens is 282 g/mol. The predicted molar refractivity (Wildman–Crippen MR) is 92.3 cm³/mol. The molecule has 2 aromatic carbocycles. The Balaban J connectivity index is 1.40. The second-order valence-corrected chi connectivity index (χ2v) is 6.25. The highest BCUT2D eigenvalue weighted by atomic mass is 15.0. The number of fused-ring (bicyclic) bond motifs is 1. The summed E-state index contributed by atoms with van der Waals surface area (Å²) >= 11 is 0. The van der Waals surface area contributed by atoms with Crippen molar-refractivity contribution in [2.75, 3.05) is 6.54 Å². The van der Waals surface area contributed by atoms with E-state index in [4.69, 9.17) is 5.26 Å². The zero-order chi connectivity index (χ0) is 15.6. The lowest BCUT2D eigenvalue weighted by atomic mass is 10.1. The molecule has 3 aromatic rings. The van der Waals surface area contributed by atoms with Crippen LogP contribution in [-0.4, -0.2) is 17.6 Å². The van der Waals surface area contributed by atoms with Crippen LogP contribution in [0.1, 0.15) is 29.0 Å². The molecule has 114 valence electrons. The number of aromatic amines is 1. The largest absolute Gasteiger partial charge is 0.361 e. The minimum absolute atomic E-state index is 0.559. The van der Waals surface area contributed by atoms with Crippen LogP contribution in [0.4, 0.5) is 0 Å². The summed E-state index contributed by atoms with van der Waals surface area (Å²) in [4.78, 5) is 3.33. The highest BCUT2D eigenvalue weighted by Gasteiger charge is 2.39. The van der Waals surface area contributed by atoms with E-state index in [1.165, 1.54) is 22.9 Å². The average molecular weight is 301 g/mol. The van der Waals surface area contributed by atoms with E-state index in [9.17, 15) is 0 Å². The number of hydrogen-bond acceptors (Lipinski definition) is 2. The maximum Gasteiger partial charge on any atom is 0.0991 e. The molecule has 2 atom stereocenters.